The van der Waals surface area contributed by atoms with Gasteiger partial charge in [-0.05, 0) is 49.7 Å². The lowest BCUT2D eigenvalue weighted by atomic mass is 10.1. The fraction of sp³-hybridized carbons (Fsp3) is 0.200. The molecule has 0 radical (unpaired) electrons. The number of fused-ring (bicyclic) bond motifs is 1. The van der Waals surface area contributed by atoms with Gasteiger partial charge in [0.25, 0.3) is 5.91 Å². The van der Waals surface area contributed by atoms with Crippen LogP contribution < -0.4 is 10.6 Å². The molecule has 3 aromatic rings. The third kappa shape index (κ3) is 3.63. The van der Waals surface area contributed by atoms with Crippen LogP contribution >= 0.6 is 11.8 Å². The predicted molar refractivity (Wildman–Crippen MR) is 108 cm³/mol. The van der Waals surface area contributed by atoms with Gasteiger partial charge in [0, 0.05) is 10.5 Å². The Hall–Kier alpha value is -3.13. The number of benzene rings is 2. The van der Waals surface area contributed by atoms with Crippen molar-refractivity contribution in [3.8, 4) is 5.69 Å². The highest BCUT2D eigenvalue weighted by Gasteiger charge is 2.24. The fourth-order valence-electron chi connectivity index (χ4n) is 2.97. The van der Waals surface area contributed by atoms with Crippen molar-refractivity contribution >= 4 is 29.3 Å². The second-order valence-electron chi connectivity index (χ2n) is 6.59. The predicted octanol–water partition coefficient (Wildman–Crippen LogP) is 3.19. The minimum Gasteiger partial charge on any atom is -0.346 e. The molecule has 0 spiro atoms. The molecule has 0 unspecified atom stereocenters. The summed E-state index contributed by atoms with van der Waals surface area (Å²) in [5, 5.41) is 9.82. The highest BCUT2D eigenvalue weighted by molar-refractivity contribution is 8.00. The second-order valence-corrected chi connectivity index (χ2v) is 7.97. The van der Waals surface area contributed by atoms with Crippen LogP contribution in [0.3, 0.4) is 0 Å². The second kappa shape index (κ2) is 7.47. The number of nitrogens with one attached hydrogen (secondary N) is 2. The number of rotatable bonds is 4. The fourth-order valence-corrected chi connectivity index (χ4v) is 3.90. The van der Waals surface area contributed by atoms with Gasteiger partial charge in [-0.2, -0.15) is 5.10 Å². The van der Waals surface area contributed by atoms with Crippen LogP contribution in [0, 0.1) is 0 Å². The van der Waals surface area contributed by atoms with Gasteiger partial charge in [-0.1, -0.05) is 12.1 Å². The Balaban J connectivity index is 1.46. The first-order valence-electron chi connectivity index (χ1n) is 8.88. The maximum Gasteiger partial charge on any atom is 0.251 e. The van der Waals surface area contributed by atoms with E-state index >= 15 is 0 Å². The van der Waals surface area contributed by atoms with Crippen molar-refractivity contribution in [3.05, 3.63) is 66.2 Å². The smallest absolute Gasteiger partial charge is 0.251 e. The first-order chi connectivity index (χ1) is 13.5. The maximum atomic E-state index is 12.7. The van der Waals surface area contributed by atoms with E-state index in [0.717, 1.165) is 16.1 Å². The Morgan fingerprint density at radius 3 is 2.75 bits per heavy atom. The maximum absolute atomic E-state index is 12.7. The third-order valence-corrected chi connectivity index (χ3v) is 5.77. The van der Waals surface area contributed by atoms with Crippen LogP contribution in [0.2, 0.25) is 0 Å². The van der Waals surface area contributed by atoms with Crippen molar-refractivity contribution in [1.29, 1.82) is 0 Å². The number of hydrogen-bond acceptors (Lipinski definition) is 5. The molecule has 2 atom stereocenters. The minimum atomic E-state index is -0.187. The molecule has 142 valence electrons. The lowest BCUT2D eigenvalue weighted by molar-refractivity contribution is -0.115. The van der Waals surface area contributed by atoms with Crippen molar-refractivity contribution in [1.82, 2.24) is 20.1 Å². The first-order valence-corrected chi connectivity index (χ1v) is 9.76. The number of carbonyl (C=O) groups is 2. The Labute approximate surface area is 166 Å². The van der Waals surface area contributed by atoms with Crippen molar-refractivity contribution in [2.75, 3.05) is 5.32 Å². The molecule has 0 saturated carbocycles. The van der Waals surface area contributed by atoms with Crippen LogP contribution in [-0.2, 0) is 4.79 Å². The van der Waals surface area contributed by atoms with Gasteiger partial charge in [0.15, 0.2) is 0 Å². The molecule has 0 aliphatic carbocycles. The molecular weight excluding hydrogens is 374 g/mol. The molecule has 4 rings (SSSR count). The van der Waals surface area contributed by atoms with E-state index in [1.165, 1.54) is 18.1 Å². The largest absolute Gasteiger partial charge is 0.346 e. The van der Waals surface area contributed by atoms with Gasteiger partial charge in [0.05, 0.1) is 22.7 Å². The number of nitrogens with zero attached hydrogens (tertiary/aromatic N) is 3. The summed E-state index contributed by atoms with van der Waals surface area (Å²) >= 11 is 1.50. The van der Waals surface area contributed by atoms with Gasteiger partial charge in [-0.25, -0.2) is 9.67 Å². The zero-order valence-corrected chi connectivity index (χ0v) is 16.2. The Kier molecular flexibility index (Phi) is 4.87. The third-order valence-electron chi connectivity index (χ3n) is 4.60. The summed E-state index contributed by atoms with van der Waals surface area (Å²) in [7, 11) is 0. The summed E-state index contributed by atoms with van der Waals surface area (Å²) in [5.41, 5.74) is 3.08. The van der Waals surface area contributed by atoms with E-state index in [2.05, 4.69) is 20.7 Å². The monoisotopic (exact) mass is 393 g/mol. The number of anilines is 1. The molecule has 2 N–H and O–H groups in total. The van der Waals surface area contributed by atoms with Crippen molar-refractivity contribution in [3.63, 3.8) is 0 Å². The van der Waals surface area contributed by atoms with Gasteiger partial charge in [0.2, 0.25) is 5.91 Å². The summed E-state index contributed by atoms with van der Waals surface area (Å²) in [4.78, 5) is 29.4. The summed E-state index contributed by atoms with van der Waals surface area (Å²) < 4.78 is 1.67. The highest BCUT2D eigenvalue weighted by Crippen LogP contribution is 2.36. The van der Waals surface area contributed by atoms with Crippen LogP contribution in [0.5, 0.6) is 0 Å². The first kappa shape index (κ1) is 18.2. The van der Waals surface area contributed by atoms with Crippen molar-refractivity contribution in [2.24, 2.45) is 0 Å². The number of carbonyl (C=O) groups excluding carboxylic acids is 2. The zero-order valence-electron chi connectivity index (χ0n) is 15.4. The molecule has 1 aromatic heterocycles. The van der Waals surface area contributed by atoms with E-state index in [4.69, 9.17) is 0 Å². The Morgan fingerprint density at radius 1 is 1.25 bits per heavy atom. The molecule has 0 saturated heterocycles. The van der Waals surface area contributed by atoms with Gasteiger partial charge >= 0.3 is 0 Å². The van der Waals surface area contributed by atoms with Gasteiger partial charge in [-0.3, -0.25) is 9.59 Å². The normalized spacial score (nSPS) is 16.8. The number of thioether (sulfide) groups is 1. The molecule has 1 aliphatic rings. The van der Waals surface area contributed by atoms with E-state index < -0.39 is 0 Å². The van der Waals surface area contributed by atoms with Gasteiger partial charge in [0.1, 0.15) is 12.7 Å². The van der Waals surface area contributed by atoms with Gasteiger partial charge < -0.3 is 10.6 Å². The van der Waals surface area contributed by atoms with Crippen LogP contribution in [0.25, 0.3) is 5.69 Å². The number of amides is 2. The van der Waals surface area contributed by atoms with Crippen LogP contribution in [-0.4, -0.2) is 31.8 Å². The van der Waals surface area contributed by atoms with E-state index in [1.54, 1.807) is 23.1 Å². The zero-order chi connectivity index (χ0) is 19.7. The Bertz CT molecular complexity index is 1020. The summed E-state index contributed by atoms with van der Waals surface area (Å²) in [5.74, 6) is -0.232. The Morgan fingerprint density at radius 2 is 2.04 bits per heavy atom. The molecule has 2 aromatic carbocycles. The van der Waals surface area contributed by atoms with Gasteiger partial charge in [-0.15, -0.1) is 11.8 Å². The van der Waals surface area contributed by atoms with E-state index in [1.807, 2.05) is 44.2 Å². The standard InChI is InChI=1S/C20H19N5O2S/c1-12(14-3-6-16(7-4-14)25-11-21-10-22-25)23-20(27)15-5-8-18-17(9-15)24-19(26)13(2)28-18/h3-13H,1-2H3,(H,23,27)(H,24,26)/t12-,13+/m0/s1. The topological polar surface area (TPSA) is 88.9 Å². The summed E-state index contributed by atoms with van der Waals surface area (Å²) in [6.45, 7) is 3.79. The SMILES string of the molecule is C[C@H](NC(=O)c1ccc2c(c1)NC(=O)[C@@H](C)S2)c1ccc(-n2cncn2)cc1. The molecule has 0 bridgehead atoms. The average Bonchev–Trinajstić information content (AvgIpc) is 3.23. The molecule has 1 aliphatic heterocycles. The van der Waals surface area contributed by atoms with E-state index in [0.29, 0.717) is 11.3 Å². The summed E-state index contributed by atoms with van der Waals surface area (Å²) in [6.07, 6.45) is 3.12. The van der Waals surface area contributed by atoms with Crippen LogP contribution in [0.15, 0.2) is 60.0 Å². The van der Waals surface area contributed by atoms with Crippen molar-refractivity contribution in [2.45, 2.75) is 30.0 Å². The molecule has 2 heterocycles. The minimum absolute atomic E-state index is 0.0455. The molecule has 2 amide bonds. The number of aromatic nitrogens is 3. The van der Waals surface area contributed by atoms with Crippen molar-refractivity contribution < 1.29 is 9.59 Å². The quantitative estimate of drug-likeness (QED) is 0.711. The summed E-state index contributed by atoms with van der Waals surface area (Å²) in [6, 6.07) is 13.0. The lowest BCUT2D eigenvalue weighted by Gasteiger charge is -2.22. The van der Waals surface area contributed by atoms with E-state index in [9.17, 15) is 9.59 Å². The molecule has 0 fully saturated rings. The van der Waals surface area contributed by atoms with Crippen LogP contribution in [0.1, 0.15) is 35.8 Å². The molecule has 28 heavy (non-hydrogen) atoms. The average molecular weight is 393 g/mol. The molecular formula is C20H19N5O2S. The molecule has 7 nitrogen and oxygen atoms in total. The van der Waals surface area contributed by atoms with Crippen LogP contribution in [0.4, 0.5) is 5.69 Å². The lowest BCUT2D eigenvalue weighted by Crippen LogP contribution is -2.28. The molecule has 8 heteroatoms. The highest BCUT2D eigenvalue weighted by atomic mass is 32.2. The number of hydrogen-bond donors (Lipinski definition) is 2. The van der Waals surface area contributed by atoms with E-state index in [-0.39, 0.29) is 23.1 Å².